The molecule has 0 aliphatic rings. The summed E-state index contributed by atoms with van der Waals surface area (Å²) in [6.45, 7) is 7.18. The summed E-state index contributed by atoms with van der Waals surface area (Å²) in [4.78, 5) is 27.9. The van der Waals surface area contributed by atoms with E-state index in [1.807, 2.05) is 37.3 Å². The number of nitrogens with one attached hydrogen (secondary N) is 1. The molecule has 3 aromatic carbocycles. The van der Waals surface area contributed by atoms with Gasteiger partial charge in [0.25, 0.3) is 11.8 Å². The number of halogens is 1. The Kier molecular flexibility index (Phi) is 8.06. The SMILES string of the molecule is CCN(C(=O)c1ccccc1NC(=O)c1ccc(OCC(C)C)c(Br)c1)c1ccccc1. The smallest absolute Gasteiger partial charge is 0.260 e. The van der Waals surface area contributed by atoms with Gasteiger partial charge in [0, 0.05) is 17.8 Å². The Morgan fingerprint density at radius 1 is 1.00 bits per heavy atom. The van der Waals surface area contributed by atoms with E-state index in [0.717, 1.165) is 5.69 Å². The second-order valence-electron chi connectivity index (χ2n) is 7.73. The van der Waals surface area contributed by atoms with Crippen molar-refractivity contribution in [2.45, 2.75) is 20.8 Å². The van der Waals surface area contributed by atoms with Gasteiger partial charge in [-0.2, -0.15) is 0 Å². The summed E-state index contributed by atoms with van der Waals surface area (Å²) >= 11 is 3.48. The molecule has 0 aliphatic heterocycles. The van der Waals surface area contributed by atoms with Gasteiger partial charge in [-0.1, -0.05) is 44.2 Å². The molecule has 0 radical (unpaired) electrons. The minimum absolute atomic E-state index is 0.173. The fourth-order valence-electron chi connectivity index (χ4n) is 3.19. The summed E-state index contributed by atoms with van der Waals surface area (Å²) in [6.07, 6.45) is 0. The first kappa shape index (κ1) is 23.5. The van der Waals surface area contributed by atoms with E-state index in [9.17, 15) is 9.59 Å². The highest BCUT2D eigenvalue weighted by Crippen LogP contribution is 2.28. The van der Waals surface area contributed by atoms with Crippen LogP contribution < -0.4 is 15.0 Å². The van der Waals surface area contributed by atoms with Crippen LogP contribution in [0.4, 0.5) is 11.4 Å². The van der Waals surface area contributed by atoms with E-state index < -0.39 is 0 Å². The molecule has 3 rings (SSSR count). The van der Waals surface area contributed by atoms with Crippen molar-refractivity contribution in [1.82, 2.24) is 0 Å². The minimum Gasteiger partial charge on any atom is -0.492 e. The molecule has 166 valence electrons. The molecular weight excluding hydrogens is 468 g/mol. The third-order valence-corrected chi connectivity index (χ3v) is 5.42. The van der Waals surface area contributed by atoms with Crippen LogP contribution in [-0.2, 0) is 0 Å². The van der Waals surface area contributed by atoms with Crippen molar-refractivity contribution in [3.8, 4) is 5.75 Å². The van der Waals surface area contributed by atoms with Crippen LogP contribution in [0.1, 0.15) is 41.5 Å². The third kappa shape index (κ3) is 5.77. The molecule has 0 fully saturated rings. The van der Waals surface area contributed by atoms with Gasteiger partial charge < -0.3 is 15.0 Å². The maximum Gasteiger partial charge on any atom is 0.260 e. The lowest BCUT2D eigenvalue weighted by Gasteiger charge is -2.22. The van der Waals surface area contributed by atoms with Crippen LogP contribution in [0.5, 0.6) is 5.75 Å². The van der Waals surface area contributed by atoms with Gasteiger partial charge in [0.05, 0.1) is 22.3 Å². The first-order chi connectivity index (χ1) is 15.4. The molecule has 2 amide bonds. The summed E-state index contributed by atoms with van der Waals surface area (Å²) in [5, 5.41) is 2.89. The highest BCUT2D eigenvalue weighted by Gasteiger charge is 2.20. The number of hydrogen-bond donors (Lipinski definition) is 1. The first-order valence-corrected chi connectivity index (χ1v) is 11.4. The molecule has 0 bridgehead atoms. The number of carbonyl (C=O) groups excluding carboxylic acids is 2. The zero-order valence-electron chi connectivity index (χ0n) is 18.5. The average Bonchev–Trinajstić information content (AvgIpc) is 2.79. The standard InChI is InChI=1S/C26H27BrN2O3/c1-4-29(20-10-6-5-7-11-20)26(31)21-12-8-9-13-23(21)28-25(30)19-14-15-24(22(27)16-19)32-17-18(2)3/h5-16,18H,4,17H2,1-3H3,(H,28,30). The molecule has 32 heavy (non-hydrogen) atoms. The van der Waals surface area contributed by atoms with Crippen molar-refractivity contribution in [1.29, 1.82) is 0 Å². The second kappa shape index (κ2) is 11.0. The monoisotopic (exact) mass is 494 g/mol. The van der Waals surface area contributed by atoms with Crippen molar-refractivity contribution in [3.63, 3.8) is 0 Å². The van der Waals surface area contributed by atoms with E-state index in [1.165, 1.54) is 0 Å². The van der Waals surface area contributed by atoms with E-state index in [4.69, 9.17) is 4.74 Å². The first-order valence-electron chi connectivity index (χ1n) is 10.6. The molecule has 0 aromatic heterocycles. The zero-order valence-corrected chi connectivity index (χ0v) is 20.1. The molecule has 0 unspecified atom stereocenters. The van der Waals surface area contributed by atoms with Crippen LogP contribution in [0.2, 0.25) is 0 Å². The summed E-state index contributed by atoms with van der Waals surface area (Å²) in [7, 11) is 0. The number of rotatable bonds is 8. The van der Waals surface area contributed by atoms with Crippen LogP contribution in [0.3, 0.4) is 0 Å². The Balaban J connectivity index is 1.81. The Morgan fingerprint density at radius 3 is 2.34 bits per heavy atom. The lowest BCUT2D eigenvalue weighted by atomic mass is 10.1. The molecule has 0 aliphatic carbocycles. The van der Waals surface area contributed by atoms with Crippen LogP contribution in [-0.4, -0.2) is 25.0 Å². The minimum atomic E-state index is -0.302. The average molecular weight is 495 g/mol. The van der Waals surface area contributed by atoms with Gasteiger partial charge in [-0.15, -0.1) is 0 Å². The van der Waals surface area contributed by atoms with Crippen LogP contribution in [0.15, 0.2) is 77.3 Å². The van der Waals surface area contributed by atoms with Gasteiger partial charge in [-0.3, -0.25) is 9.59 Å². The van der Waals surface area contributed by atoms with Crippen molar-refractivity contribution in [2.24, 2.45) is 5.92 Å². The Labute approximate surface area is 197 Å². The zero-order chi connectivity index (χ0) is 23.1. The normalized spacial score (nSPS) is 10.7. The van der Waals surface area contributed by atoms with Crippen molar-refractivity contribution < 1.29 is 14.3 Å². The summed E-state index contributed by atoms with van der Waals surface area (Å²) < 4.78 is 6.46. The summed E-state index contributed by atoms with van der Waals surface area (Å²) in [6, 6.07) is 21.7. The fourth-order valence-corrected chi connectivity index (χ4v) is 3.68. The molecule has 0 saturated carbocycles. The lowest BCUT2D eigenvalue weighted by Crippen LogP contribution is -2.31. The van der Waals surface area contributed by atoms with E-state index >= 15 is 0 Å². The van der Waals surface area contributed by atoms with E-state index in [0.29, 0.717) is 46.1 Å². The predicted octanol–water partition coefficient (Wildman–Crippen LogP) is 6.40. The topological polar surface area (TPSA) is 58.6 Å². The largest absolute Gasteiger partial charge is 0.492 e. The second-order valence-corrected chi connectivity index (χ2v) is 8.59. The maximum absolute atomic E-state index is 13.3. The molecule has 0 spiro atoms. The van der Waals surface area contributed by atoms with E-state index in [2.05, 4.69) is 35.1 Å². The molecule has 0 saturated heterocycles. The van der Waals surface area contributed by atoms with Gasteiger partial charge in [-0.25, -0.2) is 0 Å². The Bertz CT molecular complexity index is 1080. The number of para-hydroxylation sites is 2. The number of anilines is 2. The fraction of sp³-hybridized carbons (Fsp3) is 0.231. The molecule has 3 aromatic rings. The van der Waals surface area contributed by atoms with Crippen molar-refractivity contribution in [3.05, 3.63) is 88.4 Å². The number of amides is 2. The molecule has 5 nitrogen and oxygen atoms in total. The van der Waals surface area contributed by atoms with Gasteiger partial charge in [0.1, 0.15) is 5.75 Å². The number of nitrogens with zero attached hydrogens (tertiary/aromatic N) is 1. The number of ether oxygens (including phenoxy) is 1. The van der Waals surface area contributed by atoms with Gasteiger partial charge >= 0.3 is 0 Å². The van der Waals surface area contributed by atoms with Crippen LogP contribution in [0.25, 0.3) is 0 Å². The molecule has 1 N–H and O–H groups in total. The lowest BCUT2D eigenvalue weighted by molar-refractivity contribution is 0.0989. The Hall–Kier alpha value is -3.12. The van der Waals surface area contributed by atoms with Crippen molar-refractivity contribution in [2.75, 3.05) is 23.4 Å². The molecular formula is C26H27BrN2O3. The predicted molar refractivity (Wildman–Crippen MR) is 133 cm³/mol. The number of hydrogen-bond acceptors (Lipinski definition) is 3. The van der Waals surface area contributed by atoms with Crippen LogP contribution in [0, 0.1) is 5.92 Å². The van der Waals surface area contributed by atoms with Gasteiger partial charge in [-0.05, 0) is 71.2 Å². The quantitative estimate of drug-likeness (QED) is 0.393. The summed E-state index contributed by atoms with van der Waals surface area (Å²) in [5.41, 5.74) is 2.17. The molecule has 0 heterocycles. The van der Waals surface area contributed by atoms with Crippen LogP contribution >= 0.6 is 15.9 Å². The third-order valence-electron chi connectivity index (χ3n) is 4.80. The van der Waals surface area contributed by atoms with Crippen molar-refractivity contribution >= 4 is 39.1 Å². The molecule has 6 heteroatoms. The maximum atomic E-state index is 13.3. The van der Waals surface area contributed by atoms with E-state index in [1.54, 1.807) is 47.4 Å². The summed E-state index contributed by atoms with van der Waals surface area (Å²) in [5.74, 6) is 0.613. The Morgan fingerprint density at radius 2 is 1.69 bits per heavy atom. The number of carbonyl (C=O) groups is 2. The number of benzene rings is 3. The highest BCUT2D eigenvalue weighted by atomic mass is 79.9. The van der Waals surface area contributed by atoms with Gasteiger partial charge in [0.2, 0.25) is 0 Å². The van der Waals surface area contributed by atoms with E-state index in [-0.39, 0.29) is 11.8 Å². The van der Waals surface area contributed by atoms with Gasteiger partial charge in [0.15, 0.2) is 0 Å². The molecule has 0 atom stereocenters. The highest BCUT2D eigenvalue weighted by molar-refractivity contribution is 9.10.